The number of rotatable bonds is 3. The third-order valence-electron chi connectivity index (χ3n) is 5.38. The van der Waals surface area contributed by atoms with Crippen molar-refractivity contribution in [3.63, 3.8) is 0 Å². The highest BCUT2D eigenvalue weighted by molar-refractivity contribution is 6.32. The lowest BCUT2D eigenvalue weighted by atomic mass is 10.00. The van der Waals surface area contributed by atoms with Gasteiger partial charge in [0.15, 0.2) is 5.82 Å². The molecule has 30 heavy (non-hydrogen) atoms. The van der Waals surface area contributed by atoms with Crippen LogP contribution in [0.15, 0.2) is 42.2 Å². The van der Waals surface area contributed by atoms with Crippen LogP contribution in [0.3, 0.4) is 0 Å². The van der Waals surface area contributed by atoms with Gasteiger partial charge in [-0.3, -0.25) is 14.5 Å². The largest absolute Gasteiger partial charge is 0.373 e. The van der Waals surface area contributed by atoms with Gasteiger partial charge >= 0.3 is 0 Å². The van der Waals surface area contributed by atoms with Crippen LogP contribution < -0.4 is 10.6 Å². The molecule has 4 heterocycles. The summed E-state index contributed by atoms with van der Waals surface area (Å²) in [5, 5.41) is 10.6. The van der Waals surface area contributed by atoms with Crippen molar-refractivity contribution in [2.75, 3.05) is 17.2 Å². The van der Waals surface area contributed by atoms with Gasteiger partial charge in [-0.1, -0.05) is 12.1 Å². The topological polar surface area (TPSA) is 81.1 Å². The Morgan fingerprint density at radius 3 is 3.00 bits per heavy atom. The van der Waals surface area contributed by atoms with Gasteiger partial charge in [0.25, 0.3) is 5.91 Å². The molecule has 0 saturated heterocycles. The van der Waals surface area contributed by atoms with Crippen LogP contribution in [0.2, 0.25) is 0 Å². The van der Waals surface area contributed by atoms with Gasteiger partial charge in [-0.15, -0.1) is 0 Å². The summed E-state index contributed by atoms with van der Waals surface area (Å²) < 4.78 is 21.8. The minimum absolute atomic E-state index is 0.230. The maximum atomic E-state index is 14.5. The number of benzene rings is 1. The number of ether oxygens (including phenoxy) is 1. The molecule has 2 N–H and O–H groups in total. The van der Waals surface area contributed by atoms with Crippen molar-refractivity contribution >= 4 is 23.0 Å². The monoisotopic (exact) mass is 405 g/mol. The Balaban J connectivity index is 1.54. The van der Waals surface area contributed by atoms with Crippen LogP contribution in [0.25, 0.3) is 16.8 Å². The first-order valence-corrected chi connectivity index (χ1v) is 9.71. The number of hydrogen-bond donors (Lipinski definition) is 2. The molecule has 1 amide bonds. The second-order valence-electron chi connectivity index (χ2n) is 7.42. The predicted molar refractivity (Wildman–Crippen MR) is 111 cm³/mol. The molecule has 2 aliphatic rings. The molecule has 0 saturated carbocycles. The second kappa shape index (κ2) is 7.07. The SMILES string of the molecule is CC(Nc1cc2n(n1)CCOC2)=C1C(=O)Nc2cnc(-c3c(C)cccc3F)cc21. The number of amides is 1. The van der Waals surface area contributed by atoms with E-state index in [2.05, 4.69) is 20.7 Å². The minimum Gasteiger partial charge on any atom is -0.373 e. The number of nitrogens with zero attached hydrogens (tertiary/aromatic N) is 3. The molecule has 152 valence electrons. The number of anilines is 2. The molecular weight excluding hydrogens is 385 g/mol. The molecule has 8 heteroatoms. The van der Waals surface area contributed by atoms with E-state index in [4.69, 9.17) is 4.74 Å². The van der Waals surface area contributed by atoms with Crippen LogP contribution in [-0.2, 0) is 22.7 Å². The summed E-state index contributed by atoms with van der Waals surface area (Å²) in [5.74, 6) is 0.0819. The average Bonchev–Trinajstić information content (AvgIpc) is 3.26. The van der Waals surface area contributed by atoms with E-state index >= 15 is 0 Å². The van der Waals surface area contributed by atoms with Gasteiger partial charge in [-0.05, 0) is 31.5 Å². The first-order chi connectivity index (χ1) is 14.5. The van der Waals surface area contributed by atoms with Crippen molar-refractivity contribution in [3.8, 4) is 11.3 Å². The quantitative estimate of drug-likeness (QED) is 0.649. The van der Waals surface area contributed by atoms with Crippen molar-refractivity contribution in [1.29, 1.82) is 0 Å². The molecule has 2 aliphatic heterocycles. The number of aromatic nitrogens is 3. The smallest absolute Gasteiger partial charge is 0.258 e. The van der Waals surface area contributed by atoms with Crippen molar-refractivity contribution in [2.24, 2.45) is 0 Å². The lowest BCUT2D eigenvalue weighted by Crippen LogP contribution is -2.17. The molecule has 0 spiro atoms. The summed E-state index contributed by atoms with van der Waals surface area (Å²) in [7, 11) is 0. The van der Waals surface area contributed by atoms with E-state index in [1.54, 1.807) is 18.3 Å². The highest BCUT2D eigenvalue weighted by atomic mass is 19.1. The molecule has 0 unspecified atom stereocenters. The molecular formula is C22H20FN5O2. The number of carbonyl (C=O) groups is 1. The zero-order chi connectivity index (χ0) is 20.8. The third kappa shape index (κ3) is 3.05. The molecule has 0 atom stereocenters. The number of carbonyl (C=O) groups excluding carboxylic acids is 1. The Bertz CT molecular complexity index is 1170. The average molecular weight is 405 g/mol. The summed E-state index contributed by atoms with van der Waals surface area (Å²) >= 11 is 0. The zero-order valence-corrected chi connectivity index (χ0v) is 16.6. The molecule has 0 bridgehead atoms. The molecule has 5 rings (SSSR count). The summed E-state index contributed by atoms with van der Waals surface area (Å²) in [5.41, 5.74) is 5.13. The maximum absolute atomic E-state index is 14.5. The van der Waals surface area contributed by atoms with Crippen LogP contribution in [0.4, 0.5) is 15.9 Å². The molecule has 0 aliphatic carbocycles. The number of fused-ring (bicyclic) bond motifs is 2. The van der Waals surface area contributed by atoms with E-state index in [-0.39, 0.29) is 11.7 Å². The lowest BCUT2D eigenvalue weighted by molar-refractivity contribution is -0.110. The standard InChI is InChI=1S/C22H20FN5O2/c1-12-4-3-5-16(23)20(12)17-9-15-18(10-24-17)26-22(29)21(15)13(2)25-19-8-14-11-30-7-6-28(14)27-19/h3-5,8-10H,6-7,11H2,1-2H3,(H,25,27)(H,26,29). The summed E-state index contributed by atoms with van der Waals surface area (Å²) in [6.07, 6.45) is 1.57. The predicted octanol–water partition coefficient (Wildman–Crippen LogP) is 3.72. The lowest BCUT2D eigenvalue weighted by Gasteiger charge is -2.12. The van der Waals surface area contributed by atoms with Gasteiger partial charge in [-0.25, -0.2) is 4.39 Å². The second-order valence-corrected chi connectivity index (χ2v) is 7.42. The number of aryl methyl sites for hydroxylation is 1. The molecule has 3 aromatic rings. The number of nitrogens with one attached hydrogen (secondary N) is 2. The van der Waals surface area contributed by atoms with E-state index in [0.29, 0.717) is 59.4 Å². The molecule has 0 radical (unpaired) electrons. The molecule has 0 fully saturated rings. The molecule has 1 aromatic carbocycles. The van der Waals surface area contributed by atoms with E-state index in [0.717, 1.165) is 11.3 Å². The van der Waals surface area contributed by atoms with E-state index in [9.17, 15) is 9.18 Å². The Kier molecular flexibility index (Phi) is 4.36. The van der Waals surface area contributed by atoms with E-state index < -0.39 is 0 Å². The minimum atomic E-state index is -0.342. The van der Waals surface area contributed by atoms with Crippen molar-refractivity contribution < 1.29 is 13.9 Å². The Morgan fingerprint density at radius 2 is 2.20 bits per heavy atom. The van der Waals surface area contributed by atoms with Gasteiger partial charge in [-0.2, -0.15) is 5.10 Å². The van der Waals surface area contributed by atoms with Crippen LogP contribution >= 0.6 is 0 Å². The van der Waals surface area contributed by atoms with Crippen LogP contribution in [0, 0.1) is 12.7 Å². The van der Waals surface area contributed by atoms with Gasteiger partial charge in [0.05, 0.1) is 48.6 Å². The number of pyridine rings is 1. The van der Waals surface area contributed by atoms with Crippen molar-refractivity contribution in [3.05, 3.63) is 64.9 Å². The Hall–Kier alpha value is -3.52. The highest BCUT2D eigenvalue weighted by Gasteiger charge is 2.28. The zero-order valence-electron chi connectivity index (χ0n) is 16.6. The molecule has 2 aromatic heterocycles. The molecule has 7 nitrogen and oxygen atoms in total. The van der Waals surface area contributed by atoms with Crippen molar-refractivity contribution in [1.82, 2.24) is 14.8 Å². The fourth-order valence-corrected chi connectivity index (χ4v) is 3.94. The van der Waals surface area contributed by atoms with Gasteiger partial charge in [0, 0.05) is 22.9 Å². The normalized spacial score (nSPS) is 16.7. The van der Waals surface area contributed by atoms with Gasteiger partial charge in [0.1, 0.15) is 5.82 Å². The van der Waals surface area contributed by atoms with Gasteiger partial charge in [0.2, 0.25) is 0 Å². The summed E-state index contributed by atoms with van der Waals surface area (Å²) in [4.78, 5) is 17.1. The summed E-state index contributed by atoms with van der Waals surface area (Å²) in [6, 6.07) is 8.59. The maximum Gasteiger partial charge on any atom is 0.258 e. The van der Waals surface area contributed by atoms with Crippen molar-refractivity contribution in [2.45, 2.75) is 27.0 Å². The summed E-state index contributed by atoms with van der Waals surface area (Å²) in [6.45, 7) is 5.52. The van der Waals surface area contributed by atoms with Crippen LogP contribution in [0.1, 0.15) is 23.7 Å². The Morgan fingerprint density at radius 1 is 1.33 bits per heavy atom. The van der Waals surface area contributed by atoms with Crippen LogP contribution in [0.5, 0.6) is 0 Å². The first kappa shape index (κ1) is 18.5. The number of allylic oxidation sites excluding steroid dienone is 1. The Labute approximate surface area is 172 Å². The fraction of sp³-hybridized carbons (Fsp3) is 0.227. The number of halogens is 1. The van der Waals surface area contributed by atoms with E-state index in [1.807, 2.05) is 30.7 Å². The highest BCUT2D eigenvalue weighted by Crippen LogP contribution is 2.37. The fourth-order valence-electron chi connectivity index (χ4n) is 3.94. The van der Waals surface area contributed by atoms with Gasteiger partial charge < -0.3 is 15.4 Å². The van der Waals surface area contributed by atoms with E-state index in [1.165, 1.54) is 6.07 Å². The first-order valence-electron chi connectivity index (χ1n) is 9.71. The third-order valence-corrected chi connectivity index (χ3v) is 5.38. The van der Waals surface area contributed by atoms with Crippen LogP contribution in [-0.4, -0.2) is 27.3 Å². The number of hydrogen-bond acceptors (Lipinski definition) is 5.